The molecule has 20 heavy (non-hydrogen) atoms. The second-order valence-corrected chi connectivity index (χ2v) is 4.45. The maximum absolute atomic E-state index is 12.5. The number of benzene rings is 2. The van der Waals surface area contributed by atoms with Crippen molar-refractivity contribution in [2.75, 3.05) is 0 Å². The summed E-state index contributed by atoms with van der Waals surface area (Å²) in [5.41, 5.74) is 0.438. The molecule has 0 aromatic heterocycles. The van der Waals surface area contributed by atoms with E-state index in [-0.39, 0.29) is 6.61 Å². The van der Waals surface area contributed by atoms with Gasteiger partial charge in [-0.3, -0.25) is 0 Å². The standard InChI is InChI=1S/C15H13F3O2/c1-10-3-2-4-13(7-10)20-9-11-5-6-12(8-14(11)19)15(16,17)18/h2-8,19H,9H2,1H3. The molecule has 2 nitrogen and oxygen atoms in total. The summed E-state index contributed by atoms with van der Waals surface area (Å²) in [5, 5.41) is 9.61. The Balaban J connectivity index is 2.11. The van der Waals surface area contributed by atoms with Gasteiger partial charge in [-0.05, 0) is 36.8 Å². The Morgan fingerprint density at radius 3 is 2.45 bits per heavy atom. The van der Waals surface area contributed by atoms with Gasteiger partial charge in [0.15, 0.2) is 0 Å². The molecule has 0 spiro atoms. The number of ether oxygens (including phenoxy) is 1. The van der Waals surface area contributed by atoms with Crippen LogP contribution in [0.1, 0.15) is 16.7 Å². The first-order chi connectivity index (χ1) is 9.36. The van der Waals surface area contributed by atoms with Crippen LogP contribution in [0.25, 0.3) is 0 Å². The summed E-state index contributed by atoms with van der Waals surface area (Å²) in [7, 11) is 0. The van der Waals surface area contributed by atoms with Gasteiger partial charge >= 0.3 is 6.18 Å². The van der Waals surface area contributed by atoms with E-state index >= 15 is 0 Å². The van der Waals surface area contributed by atoms with Gasteiger partial charge in [0.05, 0.1) is 5.56 Å². The van der Waals surface area contributed by atoms with E-state index in [1.165, 1.54) is 6.07 Å². The Hall–Kier alpha value is -2.17. The highest BCUT2D eigenvalue weighted by molar-refractivity contribution is 5.37. The summed E-state index contributed by atoms with van der Waals surface area (Å²) in [6, 6.07) is 10.1. The van der Waals surface area contributed by atoms with Crippen LogP contribution in [-0.2, 0) is 12.8 Å². The quantitative estimate of drug-likeness (QED) is 0.909. The van der Waals surface area contributed by atoms with Gasteiger partial charge < -0.3 is 9.84 Å². The minimum Gasteiger partial charge on any atom is -0.508 e. The van der Waals surface area contributed by atoms with Crippen LogP contribution in [0, 0.1) is 6.92 Å². The number of phenolic OH excluding ortho intramolecular Hbond substituents is 1. The Morgan fingerprint density at radius 2 is 1.85 bits per heavy atom. The number of hydrogen-bond donors (Lipinski definition) is 1. The number of halogens is 3. The molecule has 5 heteroatoms. The van der Waals surface area contributed by atoms with Gasteiger partial charge in [-0.2, -0.15) is 13.2 Å². The highest BCUT2D eigenvalue weighted by Gasteiger charge is 2.31. The lowest BCUT2D eigenvalue weighted by atomic mass is 10.1. The van der Waals surface area contributed by atoms with Gasteiger partial charge in [-0.25, -0.2) is 0 Å². The average molecular weight is 282 g/mol. The molecule has 0 aliphatic carbocycles. The molecule has 0 saturated carbocycles. The number of aromatic hydroxyl groups is 1. The molecule has 1 N–H and O–H groups in total. The molecule has 2 rings (SSSR count). The van der Waals surface area contributed by atoms with E-state index in [0.29, 0.717) is 17.4 Å². The van der Waals surface area contributed by atoms with E-state index in [9.17, 15) is 18.3 Å². The summed E-state index contributed by atoms with van der Waals surface area (Å²) in [5.74, 6) is 0.178. The van der Waals surface area contributed by atoms with Crippen molar-refractivity contribution in [3.05, 3.63) is 59.2 Å². The van der Waals surface area contributed by atoms with E-state index < -0.39 is 17.5 Å². The minimum atomic E-state index is -4.46. The number of alkyl halides is 3. The molecular formula is C15H13F3O2. The van der Waals surface area contributed by atoms with E-state index in [0.717, 1.165) is 11.6 Å². The number of phenols is 1. The first kappa shape index (κ1) is 14.2. The lowest BCUT2D eigenvalue weighted by Crippen LogP contribution is -2.05. The fourth-order valence-corrected chi connectivity index (χ4v) is 1.73. The Labute approximate surface area is 114 Å². The molecule has 0 atom stereocenters. The molecule has 0 heterocycles. The minimum absolute atomic E-state index is 0.00736. The first-order valence-electron chi connectivity index (χ1n) is 5.95. The van der Waals surface area contributed by atoms with Gasteiger partial charge in [0.25, 0.3) is 0 Å². The molecule has 0 aliphatic heterocycles. The Bertz CT molecular complexity index is 606. The fraction of sp³-hybridized carbons (Fsp3) is 0.200. The van der Waals surface area contributed by atoms with Crippen molar-refractivity contribution in [2.45, 2.75) is 19.7 Å². The zero-order valence-electron chi connectivity index (χ0n) is 10.7. The first-order valence-corrected chi connectivity index (χ1v) is 5.95. The molecule has 0 aliphatic rings. The maximum atomic E-state index is 12.5. The molecule has 0 amide bonds. The molecule has 2 aromatic rings. The van der Waals surface area contributed by atoms with Crippen LogP contribution in [0.5, 0.6) is 11.5 Å². The smallest absolute Gasteiger partial charge is 0.416 e. The van der Waals surface area contributed by atoms with Crippen molar-refractivity contribution < 1.29 is 23.0 Å². The second kappa shape index (κ2) is 5.45. The normalized spacial score (nSPS) is 11.4. The molecule has 0 unspecified atom stereocenters. The van der Waals surface area contributed by atoms with Gasteiger partial charge in [-0.1, -0.05) is 18.2 Å². The highest BCUT2D eigenvalue weighted by Crippen LogP contribution is 2.32. The summed E-state index contributed by atoms with van der Waals surface area (Å²) in [4.78, 5) is 0. The molecule has 0 radical (unpaired) electrons. The SMILES string of the molecule is Cc1cccc(OCc2ccc(C(F)(F)F)cc2O)c1. The predicted molar refractivity (Wildman–Crippen MR) is 68.6 cm³/mol. The van der Waals surface area contributed by atoms with Crippen LogP contribution < -0.4 is 4.74 Å². The third-order valence-corrected chi connectivity index (χ3v) is 2.80. The molecule has 0 saturated heterocycles. The number of rotatable bonds is 3. The van der Waals surface area contributed by atoms with Crippen LogP contribution in [0.2, 0.25) is 0 Å². The lowest BCUT2D eigenvalue weighted by molar-refractivity contribution is -0.137. The summed E-state index contributed by atoms with van der Waals surface area (Å²) in [6.07, 6.45) is -4.46. The average Bonchev–Trinajstić information content (AvgIpc) is 2.36. The van der Waals surface area contributed by atoms with Crippen molar-refractivity contribution in [2.24, 2.45) is 0 Å². The van der Waals surface area contributed by atoms with E-state index in [1.807, 2.05) is 19.1 Å². The Morgan fingerprint density at radius 1 is 1.10 bits per heavy atom. The molecule has 2 aromatic carbocycles. The molecular weight excluding hydrogens is 269 g/mol. The zero-order valence-corrected chi connectivity index (χ0v) is 10.7. The highest BCUT2D eigenvalue weighted by atomic mass is 19.4. The van der Waals surface area contributed by atoms with Crippen molar-refractivity contribution in [1.82, 2.24) is 0 Å². The third-order valence-electron chi connectivity index (χ3n) is 2.80. The molecule has 0 bridgehead atoms. The Kier molecular flexibility index (Phi) is 3.88. The van der Waals surface area contributed by atoms with Gasteiger partial charge in [0.1, 0.15) is 18.1 Å². The van der Waals surface area contributed by atoms with Crippen molar-refractivity contribution >= 4 is 0 Å². The van der Waals surface area contributed by atoms with Crippen LogP contribution in [0.3, 0.4) is 0 Å². The van der Waals surface area contributed by atoms with Gasteiger partial charge in [0, 0.05) is 5.56 Å². The van der Waals surface area contributed by atoms with Crippen molar-refractivity contribution in [3.63, 3.8) is 0 Å². The van der Waals surface area contributed by atoms with E-state index in [1.54, 1.807) is 12.1 Å². The van der Waals surface area contributed by atoms with Crippen molar-refractivity contribution in [3.8, 4) is 11.5 Å². The van der Waals surface area contributed by atoms with Gasteiger partial charge in [0.2, 0.25) is 0 Å². The summed E-state index contributed by atoms with van der Waals surface area (Å²) < 4.78 is 42.8. The summed E-state index contributed by atoms with van der Waals surface area (Å²) in [6.45, 7) is 1.91. The monoisotopic (exact) mass is 282 g/mol. The summed E-state index contributed by atoms with van der Waals surface area (Å²) >= 11 is 0. The topological polar surface area (TPSA) is 29.5 Å². The van der Waals surface area contributed by atoms with Crippen LogP contribution in [0.4, 0.5) is 13.2 Å². The second-order valence-electron chi connectivity index (χ2n) is 4.45. The lowest BCUT2D eigenvalue weighted by Gasteiger charge is -2.11. The van der Waals surface area contributed by atoms with Crippen LogP contribution in [0.15, 0.2) is 42.5 Å². The number of aryl methyl sites for hydroxylation is 1. The van der Waals surface area contributed by atoms with E-state index in [2.05, 4.69) is 0 Å². The van der Waals surface area contributed by atoms with Crippen molar-refractivity contribution in [1.29, 1.82) is 0 Å². The van der Waals surface area contributed by atoms with Crippen LogP contribution in [-0.4, -0.2) is 5.11 Å². The largest absolute Gasteiger partial charge is 0.508 e. The molecule has 0 fully saturated rings. The third kappa shape index (κ3) is 3.44. The predicted octanol–water partition coefficient (Wildman–Crippen LogP) is 4.30. The van der Waals surface area contributed by atoms with E-state index in [4.69, 9.17) is 4.74 Å². The maximum Gasteiger partial charge on any atom is 0.416 e. The fourth-order valence-electron chi connectivity index (χ4n) is 1.73. The molecule has 106 valence electrons. The van der Waals surface area contributed by atoms with Crippen LogP contribution >= 0.6 is 0 Å². The number of hydrogen-bond acceptors (Lipinski definition) is 2. The van der Waals surface area contributed by atoms with Gasteiger partial charge in [-0.15, -0.1) is 0 Å². The zero-order chi connectivity index (χ0) is 14.8.